The van der Waals surface area contributed by atoms with Gasteiger partial charge in [-0.05, 0) is 47.2 Å². The molecule has 0 unspecified atom stereocenters. The Morgan fingerprint density at radius 1 is 0.913 bits per heavy atom. The number of benzene rings is 3. The maximum Gasteiger partial charge on any atom is 0.264 e. The molecule has 0 fully saturated rings. The van der Waals surface area contributed by atoms with Crippen LogP contribution < -0.4 is 4.31 Å². The Balaban J connectivity index is 2.02. The first-order chi connectivity index (χ1) is 11.0. The minimum absolute atomic E-state index is 0.159. The molecule has 0 aliphatic rings. The van der Waals surface area contributed by atoms with E-state index in [-0.39, 0.29) is 4.90 Å². The summed E-state index contributed by atoms with van der Waals surface area (Å²) in [7, 11) is -2.14. The Labute approximate surface area is 135 Å². The van der Waals surface area contributed by atoms with Crippen molar-refractivity contribution < 1.29 is 8.42 Å². The zero-order valence-electron chi connectivity index (χ0n) is 12.5. The van der Waals surface area contributed by atoms with Gasteiger partial charge in [-0.15, -0.1) is 0 Å². The molecule has 0 aromatic heterocycles. The van der Waals surface area contributed by atoms with Gasteiger partial charge in [-0.1, -0.05) is 30.3 Å². The second-order valence-electron chi connectivity index (χ2n) is 5.14. The van der Waals surface area contributed by atoms with Crippen molar-refractivity contribution >= 4 is 26.5 Å². The quantitative estimate of drug-likeness (QED) is 0.741. The molecule has 23 heavy (non-hydrogen) atoms. The highest BCUT2D eigenvalue weighted by molar-refractivity contribution is 7.92. The van der Waals surface area contributed by atoms with Gasteiger partial charge in [0.1, 0.15) is 0 Å². The first kappa shape index (κ1) is 15.1. The van der Waals surface area contributed by atoms with Crippen LogP contribution in [0.1, 0.15) is 5.56 Å². The fraction of sp³-hybridized carbons (Fsp3) is 0.0556. The lowest BCUT2D eigenvalue weighted by Gasteiger charge is -2.20. The first-order valence-electron chi connectivity index (χ1n) is 7.00. The lowest BCUT2D eigenvalue weighted by Crippen LogP contribution is -2.26. The van der Waals surface area contributed by atoms with E-state index in [0.717, 1.165) is 10.8 Å². The molecule has 0 spiro atoms. The summed E-state index contributed by atoms with van der Waals surface area (Å²) in [4.78, 5) is 0.159. The molecule has 0 N–H and O–H groups in total. The van der Waals surface area contributed by atoms with Crippen molar-refractivity contribution in [1.82, 2.24) is 0 Å². The fourth-order valence-electron chi connectivity index (χ4n) is 2.37. The molecule has 0 aliphatic heterocycles. The topological polar surface area (TPSA) is 61.2 Å². The molecular weight excluding hydrogens is 308 g/mol. The van der Waals surface area contributed by atoms with Crippen molar-refractivity contribution in [3.8, 4) is 6.07 Å². The van der Waals surface area contributed by atoms with Gasteiger partial charge in [0.15, 0.2) is 0 Å². The summed E-state index contributed by atoms with van der Waals surface area (Å²) < 4.78 is 26.7. The van der Waals surface area contributed by atoms with Crippen molar-refractivity contribution in [2.75, 3.05) is 11.4 Å². The number of nitrogens with zero attached hydrogens (tertiary/aromatic N) is 2. The summed E-state index contributed by atoms with van der Waals surface area (Å²) in [5.74, 6) is 0. The van der Waals surface area contributed by atoms with E-state index in [1.807, 2.05) is 42.5 Å². The molecule has 0 saturated heterocycles. The molecule has 0 aliphatic carbocycles. The molecule has 5 heteroatoms. The van der Waals surface area contributed by atoms with E-state index in [0.29, 0.717) is 11.3 Å². The standard InChI is InChI=1S/C18H14N2O2S/c1-20(17-9-8-15-4-2-3-5-16(15)12-17)23(21,22)18-10-6-14(13-19)7-11-18/h2-12H,1H3. The van der Waals surface area contributed by atoms with E-state index in [2.05, 4.69) is 0 Å². The molecule has 3 rings (SSSR count). The molecule has 0 atom stereocenters. The van der Waals surface area contributed by atoms with Crippen molar-refractivity contribution in [3.63, 3.8) is 0 Å². The van der Waals surface area contributed by atoms with Gasteiger partial charge < -0.3 is 0 Å². The highest BCUT2D eigenvalue weighted by atomic mass is 32.2. The molecule has 3 aromatic carbocycles. The number of sulfonamides is 1. The van der Waals surface area contributed by atoms with Crippen LogP contribution in [0.2, 0.25) is 0 Å². The SMILES string of the molecule is CN(c1ccc2ccccc2c1)S(=O)(=O)c1ccc(C#N)cc1. The number of hydrogen-bond acceptors (Lipinski definition) is 3. The summed E-state index contributed by atoms with van der Waals surface area (Å²) in [6.07, 6.45) is 0. The normalized spacial score (nSPS) is 11.1. The predicted octanol–water partition coefficient (Wildman–Crippen LogP) is 3.54. The maximum atomic E-state index is 12.7. The Morgan fingerprint density at radius 3 is 2.22 bits per heavy atom. The summed E-state index contributed by atoms with van der Waals surface area (Å²) in [6.45, 7) is 0. The number of fused-ring (bicyclic) bond motifs is 1. The van der Waals surface area contributed by atoms with Gasteiger partial charge in [-0.3, -0.25) is 4.31 Å². The van der Waals surface area contributed by atoms with Gasteiger partial charge >= 0.3 is 0 Å². The van der Waals surface area contributed by atoms with Crippen LogP contribution in [0.15, 0.2) is 71.6 Å². The van der Waals surface area contributed by atoms with E-state index < -0.39 is 10.0 Å². The smallest absolute Gasteiger partial charge is 0.264 e. The molecule has 0 heterocycles. The summed E-state index contributed by atoms with van der Waals surface area (Å²) in [5.41, 5.74) is 1.02. The van der Waals surface area contributed by atoms with Gasteiger partial charge in [-0.25, -0.2) is 8.42 Å². The lowest BCUT2D eigenvalue weighted by molar-refractivity contribution is 0.594. The Hall–Kier alpha value is -2.84. The highest BCUT2D eigenvalue weighted by Gasteiger charge is 2.21. The van der Waals surface area contributed by atoms with E-state index in [9.17, 15) is 8.42 Å². The van der Waals surface area contributed by atoms with Crippen LogP contribution in [0.3, 0.4) is 0 Å². The first-order valence-corrected chi connectivity index (χ1v) is 8.44. The van der Waals surface area contributed by atoms with Crippen LogP contribution in [0.4, 0.5) is 5.69 Å². The summed E-state index contributed by atoms with van der Waals surface area (Å²) >= 11 is 0. The number of anilines is 1. The van der Waals surface area contributed by atoms with E-state index in [1.54, 1.807) is 6.07 Å². The third-order valence-electron chi connectivity index (χ3n) is 3.74. The van der Waals surface area contributed by atoms with Crippen LogP contribution in [0, 0.1) is 11.3 Å². The van der Waals surface area contributed by atoms with E-state index >= 15 is 0 Å². The lowest BCUT2D eigenvalue weighted by atomic mass is 10.1. The minimum atomic E-state index is -3.66. The van der Waals surface area contributed by atoms with Crippen molar-refractivity contribution in [3.05, 3.63) is 72.3 Å². The highest BCUT2D eigenvalue weighted by Crippen LogP contribution is 2.26. The third-order valence-corrected chi connectivity index (χ3v) is 5.54. The zero-order chi connectivity index (χ0) is 16.4. The van der Waals surface area contributed by atoms with Crippen LogP contribution in [-0.2, 0) is 10.0 Å². The van der Waals surface area contributed by atoms with Crippen LogP contribution in [0.25, 0.3) is 10.8 Å². The average Bonchev–Trinajstić information content (AvgIpc) is 2.60. The van der Waals surface area contributed by atoms with E-state index in [4.69, 9.17) is 5.26 Å². The molecule has 0 saturated carbocycles. The van der Waals surface area contributed by atoms with Gasteiger partial charge in [0, 0.05) is 7.05 Å². The van der Waals surface area contributed by atoms with Gasteiger partial charge in [0.2, 0.25) is 0 Å². The Kier molecular flexibility index (Phi) is 3.77. The second kappa shape index (κ2) is 5.75. The Bertz CT molecular complexity index is 1000. The molecule has 0 bridgehead atoms. The van der Waals surface area contributed by atoms with Crippen molar-refractivity contribution in [1.29, 1.82) is 5.26 Å². The largest absolute Gasteiger partial charge is 0.269 e. The number of rotatable bonds is 3. The zero-order valence-corrected chi connectivity index (χ0v) is 13.3. The van der Waals surface area contributed by atoms with Gasteiger partial charge in [0.05, 0.1) is 22.2 Å². The van der Waals surface area contributed by atoms with Crippen LogP contribution in [0.5, 0.6) is 0 Å². The summed E-state index contributed by atoms with van der Waals surface area (Å²) in [6, 6.07) is 21.2. The second-order valence-corrected chi connectivity index (χ2v) is 7.11. The number of hydrogen-bond donors (Lipinski definition) is 0. The molecule has 0 amide bonds. The maximum absolute atomic E-state index is 12.7. The van der Waals surface area contributed by atoms with Gasteiger partial charge in [-0.2, -0.15) is 5.26 Å². The molecular formula is C18H14N2O2S. The molecule has 0 radical (unpaired) electrons. The number of nitriles is 1. The molecule has 114 valence electrons. The fourth-order valence-corrected chi connectivity index (χ4v) is 3.56. The molecule has 3 aromatic rings. The van der Waals surface area contributed by atoms with Crippen molar-refractivity contribution in [2.45, 2.75) is 4.90 Å². The average molecular weight is 322 g/mol. The van der Waals surface area contributed by atoms with Crippen LogP contribution >= 0.6 is 0 Å². The minimum Gasteiger partial charge on any atom is -0.269 e. The Morgan fingerprint density at radius 2 is 1.57 bits per heavy atom. The third kappa shape index (κ3) is 2.77. The van der Waals surface area contributed by atoms with Crippen LogP contribution in [-0.4, -0.2) is 15.5 Å². The van der Waals surface area contributed by atoms with Gasteiger partial charge in [0.25, 0.3) is 10.0 Å². The summed E-state index contributed by atoms with van der Waals surface area (Å²) in [5, 5.41) is 10.8. The molecule has 4 nitrogen and oxygen atoms in total. The monoisotopic (exact) mass is 322 g/mol. The predicted molar refractivity (Wildman–Crippen MR) is 90.7 cm³/mol. The van der Waals surface area contributed by atoms with Crippen molar-refractivity contribution in [2.24, 2.45) is 0 Å². The van der Waals surface area contributed by atoms with E-state index in [1.165, 1.54) is 35.6 Å².